The van der Waals surface area contributed by atoms with E-state index in [9.17, 15) is 0 Å². The second-order valence-corrected chi connectivity index (χ2v) is 9.28. The molecule has 1 radical (unpaired) electrons. The van der Waals surface area contributed by atoms with Gasteiger partial charge >= 0.3 is 107 Å². The summed E-state index contributed by atoms with van der Waals surface area (Å²) in [6.07, 6.45) is 0. The van der Waals surface area contributed by atoms with Crippen molar-refractivity contribution in [3.63, 3.8) is 0 Å². The van der Waals surface area contributed by atoms with Crippen molar-refractivity contribution in [1.82, 2.24) is 36.9 Å². The molecule has 0 amide bonds. The molecule has 0 unspecified atom stereocenters. The predicted octanol–water partition coefficient (Wildman–Crippen LogP) is -3.67. The van der Waals surface area contributed by atoms with Crippen molar-refractivity contribution in [1.29, 1.82) is 0 Å². The van der Waals surface area contributed by atoms with E-state index >= 15 is 0 Å². The van der Waals surface area contributed by atoms with Crippen LogP contribution in [0.3, 0.4) is 0 Å². The van der Waals surface area contributed by atoms with E-state index in [1.165, 1.54) is 0 Å². The van der Waals surface area contributed by atoms with Gasteiger partial charge in [0, 0.05) is 0 Å². The Morgan fingerprint density at radius 2 is 0.364 bits per heavy atom. The molecular weight excluding hydrogens is 887 g/mol. The van der Waals surface area contributed by atoms with Crippen LogP contribution in [0.15, 0.2) is 0 Å². The van der Waals surface area contributed by atoms with Gasteiger partial charge in [0.2, 0.25) is 0 Å². The molecule has 0 rings (SSSR count). The molecule has 0 aromatic carbocycles. The van der Waals surface area contributed by atoms with E-state index in [1.807, 2.05) is 0 Å². The van der Waals surface area contributed by atoms with Crippen molar-refractivity contribution >= 4 is 0 Å². The molecule has 0 aromatic rings. The summed E-state index contributed by atoms with van der Waals surface area (Å²) in [7, 11) is 0. The van der Waals surface area contributed by atoms with E-state index in [-0.39, 0.29) is 54.3 Å². The molecular formula is H18CrN6O12Re3. The molecule has 0 bridgehead atoms. The summed E-state index contributed by atoms with van der Waals surface area (Å²) in [5, 5.41) is 0. The Kier molecular flexibility index (Phi) is 79.7. The Hall–Kier alpha value is 0.359. The standard InChI is InChI=1S/Cr.6H3N.12O.3Re/h;6*1H3;;;;;;;;;;;;;;;/q+3;;;;;;;;;;;;;;;;3*-1;;;. The van der Waals surface area contributed by atoms with Crippen LogP contribution in [0.2, 0.25) is 0 Å². The van der Waals surface area contributed by atoms with Gasteiger partial charge in [0.25, 0.3) is 0 Å². The Balaban J connectivity index is -0.0000000106. The first-order chi connectivity index (χ1) is 6.00. The molecule has 0 aliphatic carbocycles. The number of rotatable bonds is 0. The van der Waals surface area contributed by atoms with Crippen molar-refractivity contribution in [3.8, 4) is 0 Å². The van der Waals surface area contributed by atoms with Crippen LogP contribution in [0.25, 0.3) is 0 Å². The van der Waals surface area contributed by atoms with Crippen LogP contribution >= 0.6 is 0 Å². The van der Waals surface area contributed by atoms with Gasteiger partial charge in [0.05, 0.1) is 0 Å². The third-order valence-electron chi connectivity index (χ3n) is 0. The summed E-state index contributed by atoms with van der Waals surface area (Å²) in [5.74, 6) is 0. The van der Waals surface area contributed by atoms with E-state index in [1.54, 1.807) is 0 Å². The molecule has 0 fully saturated rings. The van der Waals surface area contributed by atoms with Gasteiger partial charge in [-0.05, 0) is 0 Å². The molecule has 147 valence electrons. The van der Waals surface area contributed by atoms with Crippen LogP contribution in [-0.4, -0.2) is 0 Å². The van der Waals surface area contributed by atoms with Crippen LogP contribution in [0.4, 0.5) is 0 Å². The molecule has 18 N–H and O–H groups in total. The van der Waals surface area contributed by atoms with Crippen molar-refractivity contribution in [2.45, 2.75) is 0 Å². The first-order valence-electron chi connectivity index (χ1n) is 1.85. The van der Waals surface area contributed by atoms with E-state index in [0.717, 1.165) is 0 Å². The Labute approximate surface area is 143 Å². The minimum absolute atomic E-state index is 0. The summed E-state index contributed by atoms with van der Waals surface area (Å²) in [6, 6.07) is 0. The van der Waals surface area contributed by atoms with Crippen LogP contribution in [-0.2, 0) is 95.9 Å². The minimum atomic E-state index is -6.11. The molecule has 0 aliphatic heterocycles. The van der Waals surface area contributed by atoms with Gasteiger partial charge in [-0.3, -0.25) is 0 Å². The first kappa shape index (κ1) is 66.8. The van der Waals surface area contributed by atoms with Crippen molar-refractivity contribution in [2.75, 3.05) is 0 Å². The zero-order valence-corrected chi connectivity index (χ0v) is 20.1. The van der Waals surface area contributed by atoms with E-state index < -0.39 is 47.4 Å². The van der Waals surface area contributed by atoms with Crippen molar-refractivity contribution in [3.05, 3.63) is 0 Å². The van der Waals surface area contributed by atoms with Crippen LogP contribution in [0.1, 0.15) is 0 Å². The zero-order valence-electron chi connectivity index (χ0n) is 10.7. The van der Waals surface area contributed by atoms with Gasteiger partial charge in [0.15, 0.2) is 0 Å². The zero-order chi connectivity index (χ0) is 13.5. The van der Waals surface area contributed by atoms with Crippen molar-refractivity contribution < 1.29 is 107 Å². The van der Waals surface area contributed by atoms with Crippen molar-refractivity contribution in [2.24, 2.45) is 0 Å². The third-order valence-corrected chi connectivity index (χ3v) is 0. The van der Waals surface area contributed by atoms with Gasteiger partial charge in [-0.25, -0.2) is 0 Å². The SMILES string of the molecule is N.N.N.N.N.N.[Cr+3].[O]=[Re](=[O])(=[O])[O-].[O]=[Re](=[O])(=[O])[O-].[O]=[Re](=[O])(=[O])[O-]. The molecule has 22 heavy (non-hydrogen) atoms. The third kappa shape index (κ3) is 59000. The monoisotopic (exact) mass is 907 g/mol. The van der Waals surface area contributed by atoms with Crippen LogP contribution in [0.5, 0.6) is 0 Å². The maximum atomic E-state index is 8.64. The predicted molar refractivity (Wildman–Crippen MR) is 36.3 cm³/mol. The molecule has 0 spiro atoms. The van der Waals surface area contributed by atoms with Gasteiger partial charge in [-0.2, -0.15) is 0 Å². The molecule has 0 saturated heterocycles. The summed E-state index contributed by atoms with van der Waals surface area (Å²) in [5.41, 5.74) is 0. The second-order valence-electron chi connectivity index (χ2n) is 1.13. The quantitative estimate of drug-likeness (QED) is 0.136. The number of hydrogen-bond donors (Lipinski definition) is 6. The van der Waals surface area contributed by atoms with Gasteiger partial charge in [-0.1, -0.05) is 0 Å². The molecule has 22 heteroatoms. The topological polar surface area (TPSA) is 433 Å². The fraction of sp³-hybridized carbons (Fsp3) is 0. The number of hydrogen-bond acceptors (Lipinski definition) is 18. The molecule has 0 atom stereocenters. The molecule has 0 aliphatic rings. The van der Waals surface area contributed by atoms with E-state index in [2.05, 4.69) is 0 Å². The summed E-state index contributed by atoms with van der Waals surface area (Å²) in [4.78, 5) is 0. The summed E-state index contributed by atoms with van der Waals surface area (Å²) in [6.45, 7) is 0. The van der Waals surface area contributed by atoms with E-state index in [0.29, 0.717) is 0 Å². The molecule has 18 nitrogen and oxygen atoms in total. The summed E-state index contributed by atoms with van der Waals surface area (Å²) < 4.78 is 104. The first-order valence-corrected chi connectivity index (χ1v) is 15.2. The fourth-order valence-corrected chi connectivity index (χ4v) is 0. The molecule has 0 aromatic heterocycles. The average molecular weight is 905 g/mol. The normalized spacial score (nSPS) is 7.77. The molecule has 0 saturated carbocycles. The summed E-state index contributed by atoms with van der Waals surface area (Å²) >= 11 is -18.3. The second kappa shape index (κ2) is 26.3. The van der Waals surface area contributed by atoms with Crippen LogP contribution in [0, 0.1) is 0 Å². The van der Waals surface area contributed by atoms with Crippen LogP contribution < -0.4 is 48.4 Å². The maximum absolute atomic E-state index is 8.64. The average Bonchev–Trinajstić information content (AvgIpc) is 1.41. The fourth-order valence-electron chi connectivity index (χ4n) is 0. The van der Waals surface area contributed by atoms with Gasteiger partial charge in [0.1, 0.15) is 0 Å². The Bertz CT molecular complexity index is 498. The Morgan fingerprint density at radius 1 is 0.364 bits per heavy atom. The van der Waals surface area contributed by atoms with E-state index in [4.69, 9.17) is 42.7 Å². The van der Waals surface area contributed by atoms with Gasteiger partial charge in [-0.15, -0.1) is 0 Å². The molecule has 0 heterocycles. The van der Waals surface area contributed by atoms with Gasteiger partial charge < -0.3 is 36.9 Å². The Morgan fingerprint density at radius 3 is 0.364 bits per heavy atom.